The molecule has 1 unspecified atom stereocenters. The first-order valence-electron chi connectivity index (χ1n) is 4.54. The van der Waals surface area contributed by atoms with Gasteiger partial charge in [-0.2, -0.15) is 0 Å². The lowest BCUT2D eigenvalue weighted by atomic mass is 10.1. The zero-order valence-electron chi connectivity index (χ0n) is 8.49. The molecule has 1 aromatic rings. The lowest BCUT2D eigenvalue weighted by molar-refractivity contribution is 0.675. The predicted molar refractivity (Wildman–Crippen MR) is 55.8 cm³/mol. The summed E-state index contributed by atoms with van der Waals surface area (Å²) < 4.78 is 0. The second-order valence-corrected chi connectivity index (χ2v) is 3.35. The molecule has 0 fully saturated rings. The smallest absolute Gasteiger partial charge is 0.0572 e. The van der Waals surface area contributed by atoms with Crippen molar-refractivity contribution in [1.29, 1.82) is 0 Å². The number of aromatic nitrogens is 1. The van der Waals surface area contributed by atoms with Crippen LogP contribution < -0.4 is 10.6 Å². The van der Waals surface area contributed by atoms with Gasteiger partial charge in [0, 0.05) is 20.1 Å². The van der Waals surface area contributed by atoms with E-state index in [0.29, 0.717) is 0 Å². The summed E-state index contributed by atoms with van der Waals surface area (Å²) in [5.74, 6) is 0. The van der Waals surface area contributed by atoms with Crippen molar-refractivity contribution in [2.45, 2.75) is 19.4 Å². The molecule has 1 atom stereocenters. The first-order chi connectivity index (χ1) is 6.15. The molecule has 0 aromatic carbocycles. The van der Waals surface area contributed by atoms with E-state index in [0.717, 1.165) is 17.8 Å². The molecule has 0 amide bonds. The highest BCUT2D eigenvalue weighted by Crippen LogP contribution is 2.14. The van der Waals surface area contributed by atoms with Crippen LogP contribution in [0.5, 0.6) is 0 Å². The Bertz CT molecular complexity index is 253. The van der Waals surface area contributed by atoms with Crippen LogP contribution in [0.1, 0.15) is 25.1 Å². The molecular formula is C10H17N3. The molecule has 3 nitrogen and oxygen atoms in total. The Hall–Kier alpha value is -1.09. The molecule has 0 aliphatic heterocycles. The molecule has 2 N–H and O–H groups in total. The van der Waals surface area contributed by atoms with E-state index in [9.17, 15) is 0 Å². The summed E-state index contributed by atoms with van der Waals surface area (Å²) in [6, 6.07) is 4.10. The standard InChI is InChI=1S/C10H17N3/c1-4-9(11)10-6-5-8(7-12-10)13(2)3/h5-7,9H,4,11H2,1-3H3. The predicted octanol–water partition coefficient (Wildman–Crippen LogP) is 1.56. The molecular weight excluding hydrogens is 162 g/mol. The van der Waals surface area contributed by atoms with Gasteiger partial charge in [-0.25, -0.2) is 0 Å². The molecule has 0 bridgehead atoms. The quantitative estimate of drug-likeness (QED) is 0.765. The minimum absolute atomic E-state index is 0.0659. The minimum atomic E-state index is 0.0659. The maximum atomic E-state index is 5.84. The van der Waals surface area contributed by atoms with Crippen molar-refractivity contribution in [2.75, 3.05) is 19.0 Å². The van der Waals surface area contributed by atoms with Gasteiger partial charge in [0.1, 0.15) is 0 Å². The summed E-state index contributed by atoms with van der Waals surface area (Å²) in [7, 11) is 3.99. The van der Waals surface area contributed by atoms with Gasteiger partial charge < -0.3 is 10.6 Å². The van der Waals surface area contributed by atoms with Crippen LogP contribution in [0.15, 0.2) is 18.3 Å². The number of anilines is 1. The summed E-state index contributed by atoms with van der Waals surface area (Å²) in [6.07, 6.45) is 2.78. The Morgan fingerprint density at radius 2 is 2.15 bits per heavy atom. The molecule has 0 saturated carbocycles. The Labute approximate surface area is 79.6 Å². The van der Waals surface area contributed by atoms with Gasteiger partial charge in [0.15, 0.2) is 0 Å². The summed E-state index contributed by atoms with van der Waals surface area (Å²) >= 11 is 0. The first-order valence-corrected chi connectivity index (χ1v) is 4.54. The van der Waals surface area contributed by atoms with Crippen molar-refractivity contribution in [2.24, 2.45) is 5.73 Å². The monoisotopic (exact) mass is 179 g/mol. The largest absolute Gasteiger partial charge is 0.376 e. The van der Waals surface area contributed by atoms with E-state index in [1.807, 2.05) is 37.3 Å². The number of hydrogen-bond acceptors (Lipinski definition) is 3. The van der Waals surface area contributed by atoms with E-state index in [2.05, 4.69) is 11.9 Å². The normalized spacial score (nSPS) is 12.6. The van der Waals surface area contributed by atoms with Gasteiger partial charge in [0.05, 0.1) is 17.6 Å². The van der Waals surface area contributed by atoms with Gasteiger partial charge >= 0.3 is 0 Å². The van der Waals surface area contributed by atoms with E-state index < -0.39 is 0 Å². The molecule has 72 valence electrons. The SMILES string of the molecule is CCC(N)c1ccc(N(C)C)cn1. The number of hydrogen-bond donors (Lipinski definition) is 1. The zero-order chi connectivity index (χ0) is 9.84. The van der Waals surface area contributed by atoms with Crippen LogP contribution in [0.3, 0.4) is 0 Å². The zero-order valence-corrected chi connectivity index (χ0v) is 8.49. The molecule has 13 heavy (non-hydrogen) atoms. The molecule has 1 heterocycles. The van der Waals surface area contributed by atoms with Crippen LogP contribution >= 0.6 is 0 Å². The number of pyridine rings is 1. The van der Waals surface area contributed by atoms with E-state index in [-0.39, 0.29) is 6.04 Å². The van der Waals surface area contributed by atoms with Crippen LogP contribution in [0, 0.1) is 0 Å². The molecule has 0 radical (unpaired) electrons. The average molecular weight is 179 g/mol. The first kappa shape index (κ1) is 9.99. The summed E-state index contributed by atoms with van der Waals surface area (Å²) in [5.41, 5.74) is 7.91. The van der Waals surface area contributed by atoms with Crippen molar-refractivity contribution in [3.63, 3.8) is 0 Å². The molecule has 0 aliphatic rings. The fourth-order valence-corrected chi connectivity index (χ4v) is 1.09. The Balaban J connectivity index is 2.81. The van der Waals surface area contributed by atoms with E-state index in [1.165, 1.54) is 0 Å². The van der Waals surface area contributed by atoms with Crippen molar-refractivity contribution in [1.82, 2.24) is 4.98 Å². The van der Waals surface area contributed by atoms with Crippen LogP contribution in [-0.2, 0) is 0 Å². The van der Waals surface area contributed by atoms with Crippen LogP contribution in [0.2, 0.25) is 0 Å². The second-order valence-electron chi connectivity index (χ2n) is 3.35. The van der Waals surface area contributed by atoms with Gasteiger partial charge in [-0.3, -0.25) is 4.98 Å². The number of nitrogens with two attached hydrogens (primary N) is 1. The summed E-state index contributed by atoms with van der Waals surface area (Å²) in [6.45, 7) is 2.06. The summed E-state index contributed by atoms with van der Waals surface area (Å²) in [5, 5.41) is 0. The molecule has 0 saturated heterocycles. The van der Waals surface area contributed by atoms with Crippen molar-refractivity contribution in [3.8, 4) is 0 Å². The lowest BCUT2D eigenvalue weighted by Gasteiger charge is -2.13. The van der Waals surface area contributed by atoms with Gasteiger partial charge in [-0.15, -0.1) is 0 Å². The second kappa shape index (κ2) is 4.23. The highest BCUT2D eigenvalue weighted by Gasteiger charge is 2.04. The Kier molecular flexibility index (Phi) is 3.25. The van der Waals surface area contributed by atoms with Gasteiger partial charge in [0.2, 0.25) is 0 Å². The van der Waals surface area contributed by atoms with Gasteiger partial charge in [0.25, 0.3) is 0 Å². The van der Waals surface area contributed by atoms with Crippen molar-refractivity contribution in [3.05, 3.63) is 24.0 Å². The lowest BCUT2D eigenvalue weighted by Crippen LogP contribution is -2.12. The van der Waals surface area contributed by atoms with Crippen LogP contribution in [-0.4, -0.2) is 19.1 Å². The number of nitrogens with zero attached hydrogens (tertiary/aromatic N) is 2. The van der Waals surface area contributed by atoms with E-state index in [4.69, 9.17) is 5.73 Å². The molecule has 1 aromatic heterocycles. The highest BCUT2D eigenvalue weighted by atomic mass is 15.1. The van der Waals surface area contributed by atoms with Crippen molar-refractivity contribution >= 4 is 5.69 Å². The van der Waals surface area contributed by atoms with E-state index in [1.54, 1.807) is 0 Å². The molecule has 0 spiro atoms. The third-order valence-electron chi connectivity index (χ3n) is 2.11. The van der Waals surface area contributed by atoms with Crippen molar-refractivity contribution < 1.29 is 0 Å². The average Bonchev–Trinajstić information content (AvgIpc) is 2.17. The summed E-state index contributed by atoms with van der Waals surface area (Å²) in [4.78, 5) is 6.33. The molecule has 0 aliphatic carbocycles. The number of rotatable bonds is 3. The van der Waals surface area contributed by atoms with Crippen LogP contribution in [0.4, 0.5) is 5.69 Å². The molecule has 1 rings (SSSR count). The third-order valence-corrected chi connectivity index (χ3v) is 2.11. The van der Waals surface area contributed by atoms with E-state index >= 15 is 0 Å². The topological polar surface area (TPSA) is 42.1 Å². The maximum absolute atomic E-state index is 5.84. The Morgan fingerprint density at radius 3 is 2.54 bits per heavy atom. The Morgan fingerprint density at radius 1 is 1.46 bits per heavy atom. The molecule has 3 heteroatoms. The van der Waals surface area contributed by atoms with Crippen LogP contribution in [0.25, 0.3) is 0 Å². The highest BCUT2D eigenvalue weighted by molar-refractivity contribution is 5.42. The third kappa shape index (κ3) is 2.42. The fourth-order valence-electron chi connectivity index (χ4n) is 1.09. The van der Waals surface area contributed by atoms with Gasteiger partial charge in [-0.1, -0.05) is 6.92 Å². The fraction of sp³-hybridized carbons (Fsp3) is 0.500. The maximum Gasteiger partial charge on any atom is 0.0572 e. The van der Waals surface area contributed by atoms with Gasteiger partial charge in [-0.05, 0) is 18.6 Å². The minimum Gasteiger partial charge on any atom is -0.376 e.